The van der Waals surface area contributed by atoms with E-state index in [1.54, 1.807) is 11.3 Å². The third kappa shape index (κ3) is 5.04. The minimum atomic E-state index is -0.758. The summed E-state index contributed by atoms with van der Waals surface area (Å²) in [5.41, 5.74) is 2.28. The molecule has 1 aromatic heterocycles. The molecule has 5 nitrogen and oxygen atoms in total. The van der Waals surface area contributed by atoms with Crippen LogP contribution in [0.1, 0.15) is 28.5 Å². The van der Waals surface area contributed by atoms with Gasteiger partial charge in [-0.2, -0.15) is 0 Å². The summed E-state index contributed by atoms with van der Waals surface area (Å²) in [6.07, 6.45) is 0.148. The molecule has 0 aliphatic carbocycles. The minimum Gasteiger partial charge on any atom is -0.488 e. The Morgan fingerprint density at radius 3 is 3.04 bits per heavy atom. The highest BCUT2D eigenvalue weighted by Gasteiger charge is 2.23. The van der Waals surface area contributed by atoms with Crippen LogP contribution in [0, 0.1) is 6.92 Å². The number of morpholine rings is 1. The highest BCUT2D eigenvalue weighted by molar-refractivity contribution is 7.09. The van der Waals surface area contributed by atoms with E-state index < -0.39 is 5.97 Å². The lowest BCUT2D eigenvalue weighted by molar-refractivity contribution is -0.137. The molecule has 0 unspecified atom stereocenters. The van der Waals surface area contributed by atoms with Gasteiger partial charge in [0.1, 0.15) is 12.4 Å². The Balaban J connectivity index is 1.60. The first kappa shape index (κ1) is 17.9. The highest BCUT2D eigenvalue weighted by Crippen LogP contribution is 2.28. The van der Waals surface area contributed by atoms with Gasteiger partial charge in [-0.05, 0) is 41.6 Å². The largest absolute Gasteiger partial charge is 0.488 e. The Hall–Kier alpha value is -1.89. The van der Waals surface area contributed by atoms with Crippen LogP contribution in [0.2, 0.25) is 0 Å². The second-order valence-electron chi connectivity index (χ2n) is 6.19. The number of carboxylic acid groups (broad SMARTS) is 1. The number of nitrogens with zero attached hydrogens (tertiary/aromatic N) is 1. The lowest BCUT2D eigenvalue weighted by Crippen LogP contribution is -2.39. The SMILES string of the molecule is Cc1cc(OCc2cccs2)ccc1[C@@H]1CN(CCC(=O)O)CCO1. The number of hydrogen-bond donors (Lipinski definition) is 1. The third-order valence-electron chi connectivity index (χ3n) is 4.34. The Kier molecular flexibility index (Phi) is 6.07. The number of carbonyl (C=O) groups is 1. The molecule has 2 aromatic rings. The molecule has 1 atom stereocenters. The van der Waals surface area contributed by atoms with Gasteiger partial charge in [0.25, 0.3) is 0 Å². The topological polar surface area (TPSA) is 59.0 Å². The summed E-state index contributed by atoms with van der Waals surface area (Å²) in [4.78, 5) is 14.1. The van der Waals surface area contributed by atoms with Gasteiger partial charge in [-0.1, -0.05) is 12.1 Å². The second-order valence-corrected chi connectivity index (χ2v) is 7.22. The average molecular weight is 361 g/mol. The summed E-state index contributed by atoms with van der Waals surface area (Å²) in [5, 5.41) is 10.9. The fraction of sp³-hybridized carbons (Fsp3) is 0.421. The van der Waals surface area contributed by atoms with Crippen molar-refractivity contribution in [3.05, 3.63) is 51.7 Å². The van der Waals surface area contributed by atoms with Crippen molar-refractivity contribution in [3.63, 3.8) is 0 Å². The van der Waals surface area contributed by atoms with Gasteiger partial charge < -0.3 is 14.6 Å². The molecular weight excluding hydrogens is 338 g/mol. The Bertz CT molecular complexity index is 701. The maximum Gasteiger partial charge on any atom is 0.304 e. The van der Waals surface area contributed by atoms with Crippen LogP contribution in [0.5, 0.6) is 5.75 Å². The van der Waals surface area contributed by atoms with E-state index in [9.17, 15) is 4.79 Å². The molecule has 2 heterocycles. The maximum absolute atomic E-state index is 10.8. The van der Waals surface area contributed by atoms with Crippen LogP contribution < -0.4 is 4.74 Å². The van der Waals surface area contributed by atoms with Crippen LogP contribution in [0.15, 0.2) is 35.7 Å². The molecule has 1 saturated heterocycles. The van der Waals surface area contributed by atoms with Gasteiger partial charge in [0.05, 0.1) is 19.1 Å². The van der Waals surface area contributed by atoms with Crippen molar-refractivity contribution in [1.29, 1.82) is 0 Å². The van der Waals surface area contributed by atoms with Crippen LogP contribution >= 0.6 is 11.3 Å². The van der Waals surface area contributed by atoms with Gasteiger partial charge in [0.15, 0.2) is 0 Å². The lowest BCUT2D eigenvalue weighted by atomic mass is 10.0. The van der Waals surface area contributed by atoms with Crippen molar-refractivity contribution in [3.8, 4) is 5.75 Å². The molecule has 1 fully saturated rings. The van der Waals surface area contributed by atoms with Crippen LogP contribution in [-0.2, 0) is 16.1 Å². The molecule has 1 aliphatic rings. The van der Waals surface area contributed by atoms with Crippen molar-refractivity contribution < 1.29 is 19.4 Å². The van der Waals surface area contributed by atoms with E-state index in [0.29, 0.717) is 19.8 Å². The minimum absolute atomic E-state index is 0.0195. The van der Waals surface area contributed by atoms with Crippen molar-refractivity contribution in [2.24, 2.45) is 0 Å². The van der Waals surface area contributed by atoms with Crippen molar-refractivity contribution in [1.82, 2.24) is 4.90 Å². The average Bonchev–Trinajstić information content (AvgIpc) is 3.12. The number of hydrogen-bond acceptors (Lipinski definition) is 5. The Morgan fingerprint density at radius 1 is 1.44 bits per heavy atom. The van der Waals surface area contributed by atoms with Gasteiger partial charge in [0.2, 0.25) is 0 Å². The zero-order valence-corrected chi connectivity index (χ0v) is 15.1. The number of ether oxygens (including phenoxy) is 2. The zero-order chi connectivity index (χ0) is 17.6. The summed E-state index contributed by atoms with van der Waals surface area (Å²) >= 11 is 1.69. The van der Waals surface area contributed by atoms with E-state index in [1.165, 1.54) is 4.88 Å². The monoisotopic (exact) mass is 361 g/mol. The molecule has 134 valence electrons. The third-order valence-corrected chi connectivity index (χ3v) is 5.19. The number of aryl methyl sites for hydroxylation is 1. The molecule has 25 heavy (non-hydrogen) atoms. The van der Waals surface area contributed by atoms with Crippen LogP contribution in [0.4, 0.5) is 0 Å². The maximum atomic E-state index is 10.8. The van der Waals surface area contributed by atoms with Gasteiger partial charge in [0, 0.05) is 24.5 Å². The quantitative estimate of drug-likeness (QED) is 0.818. The first-order valence-corrected chi connectivity index (χ1v) is 9.31. The Labute approximate surface area is 151 Å². The Morgan fingerprint density at radius 2 is 2.32 bits per heavy atom. The molecule has 0 saturated carbocycles. The highest BCUT2D eigenvalue weighted by atomic mass is 32.1. The van der Waals surface area contributed by atoms with E-state index in [-0.39, 0.29) is 12.5 Å². The number of rotatable bonds is 7. The predicted molar refractivity (Wildman–Crippen MR) is 97.2 cm³/mol. The van der Waals surface area contributed by atoms with Crippen molar-refractivity contribution in [2.75, 3.05) is 26.2 Å². The van der Waals surface area contributed by atoms with E-state index in [1.807, 2.05) is 23.6 Å². The summed E-state index contributed by atoms with van der Waals surface area (Å²) in [6, 6.07) is 10.2. The zero-order valence-electron chi connectivity index (χ0n) is 14.3. The fourth-order valence-corrected chi connectivity index (χ4v) is 3.61. The lowest BCUT2D eigenvalue weighted by Gasteiger charge is -2.33. The molecule has 0 bridgehead atoms. The fourth-order valence-electron chi connectivity index (χ4n) is 3.00. The smallest absolute Gasteiger partial charge is 0.304 e. The number of carboxylic acids is 1. The number of aliphatic carboxylic acids is 1. The van der Waals surface area contributed by atoms with Crippen molar-refractivity contribution in [2.45, 2.75) is 26.1 Å². The van der Waals surface area contributed by atoms with Crippen LogP contribution in [0.25, 0.3) is 0 Å². The number of thiophene rings is 1. The molecule has 1 aliphatic heterocycles. The van der Waals surface area contributed by atoms with E-state index in [4.69, 9.17) is 14.6 Å². The van der Waals surface area contributed by atoms with Crippen molar-refractivity contribution >= 4 is 17.3 Å². The van der Waals surface area contributed by atoms with Gasteiger partial charge in [-0.15, -0.1) is 11.3 Å². The molecule has 3 rings (SSSR count). The number of benzene rings is 1. The molecule has 0 spiro atoms. The summed E-state index contributed by atoms with van der Waals surface area (Å²) < 4.78 is 11.8. The molecular formula is C19H23NO4S. The van der Waals surface area contributed by atoms with Gasteiger partial charge in [-0.3, -0.25) is 9.69 Å². The van der Waals surface area contributed by atoms with Gasteiger partial charge >= 0.3 is 5.97 Å². The second kappa shape index (κ2) is 8.47. The van der Waals surface area contributed by atoms with Gasteiger partial charge in [-0.25, -0.2) is 0 Å². The molecule has 0 radical (unpaired) electrons. The summed E-state index contributed by atoms with van der Waals surface area (Å²) in [6.45, 7) is 5.34. The molecule has 0 amide bonds. The molecule has 1 aromatic carbocycles. The first-order valence-electron chi connectivity index (χ1n) is 8.43. The summed E-state index contributed by atoms with van der Waals surface area (Å²) in [5.74, 6) is 0.0969. The van der Waals surface area contributed by atoms with E-state index in [2.05, 4.69) is 24.0 Å². The van der Waals surface area contributed by atoms with Crippen LogP contribution in [0.3, 0.4) is 0 Å². The van der Waals surface area contributed by atoms with Crippen LogP contribution in [-0.4, -0.2) is 42.2 Å². The normalized spacial score (nSPS) is 18.2. The molecule has 6 heteroatoms. The molecule has 1 N–H and O–H groups in total. The summed E-state index contributed by atoms with van der Waals surface area (Å²) in [7, 11) is 0. The standard InChI is InChI=1S/C19H23NO4S/c1-14-11-15(24-13-16-3-2-10-25-16)4-5-17(14)18-12-20(8-9-23-18)7-6-19(21)22/h2-5,10-11,18H,6-9,12-13H2,1H3,(H,21,22)/t18-/m0/s1. The van der Waals surface area contributed by atoms with E-state index in [0.717, 1.165) is 30.0 Å². The van der Waals surface area contributed by atoms with E-state index >= 15 is 0 Å². The first-order chi connectivity index (χ1) is 12.1. The predicted octanol–water partition coefficient (Wildman–Crippen LogP) is 3.48.